The molecule has 1 aromatic carbocycles. The zero-order valence-corrected chi connectivity index (χ0v) is 14.2. The first-order chi connectivity index (χ1) is 11.1. The van der Waals surface area contributed by atoms with Gasteiger partial charge in [-0.15, -0.1) is 0 Å². The predicted octanol–water partition coefficient (Wildman–Crippen LogP) is 0.845. The molecule has 1 amide bonds. The Morgan fingerprint density at radius 1 is 1.25 bits per heavy atom. The number of benzene rings is 1. The van der Waals surface area contributed by atoms with Crippen molar-refractivity contribution in [1.82, 2.24) is 5.32 Å². The lowest BCUT2D eigenvalue weighted by Crippen LogP contribution is -2.42. The Balaban J connectivity index is 2.59. The Hall–Kier alpha value is -2.16. The molecule has 7 nitrogen and oxygen atoms in total. The van der Waals surface area contributed by atoms with Crippen LogP contribution in [0, 0.1) is 11.7 Å². The van der Waals surface area contributed by atoms with Crippen LogP contribution < -0.4 is 10.1 Å². The fourth-order valence-electron chi connectivity index (χ4n) is 1.88. The number of hydrogen-bond donors (Lipinski definition) is 2. The summed E-state index contributed by atoms with van der Waals surface area (Å²) in [6, 6.07) is 4.71. The van der Waals surface area contributed by atoms with E-state index < -0.39 is 45.9 Å². The second kappa shape index (κ2) is 8.62. The monoisotopic (exact) mass is 361 g/mol. The van der Waals surface area contributed by atoms with Gasteiger partial charge in [-0.05, 0) is 30.2 Å². The Morgan fingerprint density at radius 3 is 2.33 bits per heavy atom. The van der Waals surface area contributed by atoms with E-state index in [1.807, 2.05) is 0 Å². The van der Waals surface area contributed by atoms with Crippen LogP contribution in [0.3, 0.4) is 0 Å². The molecule has 134 valence electrons. The van der Waals surface area contributed by atoms with Crippen molar-refractivity contribution in [3.05, 3.63) is 30.1 Å². The summed E-state index contributed by atoms with van der Waals surface area (Å²) in [5, 5.41) is 11.3. The zero-order valence-electron chi connectivity index (χ0n) is 13.4. The third-order valence-corrected chi connectivity index (χ3v) is 4.67. The fourth-order valence-corrected chi connectivity index (χ4v) is 3.52. The van der Waals surface area contributed by atoms with Crippen LogP contribution in [-0.4, -0.2) is 49.6 Å². The van der Waals surface area contributed by atoms with Crippen LogP contribution in [0.25, 0.3) is 0 Å². The number of rotatable bonds is 9. The molecule has 2 N–H and O–H groups in total. The zero-order chi connectivity index (χ0) is 18.3. The highest BCUT2D eigenvalue weighted by Crippen LogP contribution is 2.13. The maximum atomic E-state index is 12.8. The van der Waals surface area contributed by atoms with Gasteiger partial charge in [-0.25, -0.2) is 17.6 Å². The molecule has 1 aromatic rings. The van der Waals surface area contributed by atoms with Gasteiger partial charge >= 0.3 is 5.97 Å². The molecular weight excluding hydrogens is 341 g/mol. The summed E-state index contributed by atoms with van der Waals surface area (Å²) in [5.74, 6) is -3.49. The second-order valence-corrected chi connectivity index (χ2v) is 7.76. The number of hydrogen-bond acceptors (Lipinski definition) is 5. The molecule has 0 aliphatic rings. The molecular formula is C15H20FNO6S. The standard InChI is InChI=1S/C15H20FNO6S/c1-10(2)8-24(21,22)9-14(18)17-7-13(15(19)20)23-12-5-3-11(16)4-6-12/h3-6,10,13H,7-9H2,1-2H3,(H,17,18)(H,19,20). The molecule has 0 radical (unpaired) electrons. The van der Waals surface area contributed by atoms with Crippen molar-refractivity contribution in [3.8, 4) is 5.75 Å². The highest BCUT2D eigenvalue weighted by Gasteiger charge is 2.23. The summed E-state index contributed by atoms with van der Waals surface area (Å²) in [6.07, 6.45) is -1.42. The van der Waals surface area contributed by atoms with Crippen molar-refractivity contribution in [2.75, 3.05) is 18.1 Å². The van der Waals surface area contributed by atoms with Gasteiger partial charge in [0.15, 0.2) is 9.84 Å². The van der Waals surface area contributed by atoms with Crippen molar-refractivity contribution in [3.63, 3.8) is 0 Å². The van der Waals surface area contributed by atoms with E-state index in [4.69, 9.17) is 9.84 Å². The number of halogens is 1. The van der Waals surface area contributed by atoms with Crippen molar-refractivity contribution < 1.29 is 32.2 Å². The van der Waals surface area contributed by atoms with Gasteiger partial charge in [0.1, 0.15) is 17.3 Å². The highest BCUT2D eigenvalue weighted by atomic mass is 32.2. The number of carbonyl (C=O) groups is 2. The van der Waals surface area contributed by atoms with E-state index in [2.05, 4.69) is 5.32 Å². The van der Waals surface area contributed by atoms with E-state index in [0.29, 0.717) is 0 Å². The maximum Gasteiger partial charge on any atom is 0.346 e. The summed E-state index contributed by atoms with van der Waals surface area (Å²) in [6.45, 7) is 3.02. The number of aliphatic carboxylic acids is 1. The summed E-state index contributed by atoms with van der Waals surface area (Å²) >= 11 is 0. The first kappa shape index (κ1) is 19.9. The molecule has 1 unspecified atom stereocenters. The smallest absolute Gasteiger partial charge is 0.346 e. The van der Waals surface area contributed by atoms with Gasteiger partial charge in [0, 0.05) is 0 Å². The highest BCUT2D eigenvalue weighted by molar-refractivity contribution is 7.92. The number of carboxylic acid groups (broad SMARTS) is 1. The molecule has 1 rings (SSSR count). The molecule has 0 saturated heterocycles. The molecule has 9 heteroatoms. The van der Waals surface area contributed by atoms with Crippen LogP contribution in [0.4, 0.5) is 4.39 Å². The van der Waals surface area contributed by atoms with Crippen molar-refractivity contribution >= 4 is 21.7 Å². The number of ether oxygens (including phenoxy) is 1. The van der Waals surface area contributed by atoms with Crippen molar-refractivity contribution in [1.29, 1.82) is 0 Å². The van der Waals surface area contributed by atoms with E-state index in [1.54, 1.807) is 13.8 Å². The average molecular weight is 361 g/mol. The largest absolute Gasteiger partial charge is 0.478 e. The van der Waals surface area contributed by atoms with Crippen LogP contribution in [0.5, 0.6) is 5.75 Å². The molecule has 0 aromatic heterocycles. The molecule has 24 heavy (non-hydrogen) atoms. The van der Waals surface area contributed by atoms with E-state index in [1.165, 1.54) is 12.1 Å². The molecule has 0 heterocycles. The minimum Gasteiger partial charge on any atom is -0.478 e. The lowest BCUT2D eigenvalue weighted by Gasteiger charge is -2.16. The van der Waals surface area contributed by atoms with E-state index in [-0.39, 0.29) is 17.4 Å². The summed E-state index contributed by atoms with van der Waals surface area (Å²) in [5.41, 5.74) is 0. The Labute approximate surface area is 139 Å². The van der Waals surface area contributed by atoms with Gasteiger partial charge in [-0.2, -0.15) is 0 Å². The molecule has 0 aliphatic carbocycles. The molecule has 0 saturated carbocycles. The van der Waals surface area contributed by atoms with Crippen molar-refractivity contribution in [2.45, 2.75) is 20.0 Å². The van der Waals surface area contributed by atoms with Gasteiger partial charge in [-0.3, -0.25) is 4.79 Å². The minimum atomic E-state index is -3.55. The topological polar surface area (TPSA) is 110 Å². The van der Waals surface area contributed by atoms with E-state index in [9.17, 15) is 22.4 Å². The van der Waals surface area contributed by atoms with Crippen LogP contribution >= 0.6 is 0 Å². The molecule has 0 spiro atoms. The van der Waals surface area contributed by atoms with Crippen LogP contribution in [0.1, 0.15) is 13.8 Å². The number of nitrogens with one attached hydrogen (secondary N) is 1. The Bertz CT molecular complexity index is 672. The Kier molecular flexibility index (Phi) is 7.15. The SMILES string of the molecule is CC(C)CS(=O)(=O)CC(=O)NCC(Oc1ccc(F)cc1)C(=O)O. The molecule has 1 atom stereocenters. The van der Waals surface area contributed by atoms with Crippen molar-refractivity contribution in [2.24, 2.45) is 5.92 Å². The summed E-state index contributed by atoms with van der Waals surface area (Å²) < 4.78 is 41.4. The Morgan fingerprint density at radius 2 is 1.83 bits per heavy atom. The van der Waals surface area contributed by atoms with E-state index in [0.717, 1.165) is 12.1 Å². The third-order valence-electron chi connectivity index (χ3n) is 2.79. The summed E-state index contributed by atoms with van der Waals surface area (Å²) in [4.78, 5) is 22.8. The van der Waals surface area contributed by atoms with Gasteiger partial charge in [0.05, 0.1) is 12.3 Å². The predicted molar refractivity (Wildman–Crippen MR) is 85.0 cm³/mol. The molecule has 0 fully saturated rings. The fraction of sp³-hybridized carbons (Fsp3) is 0.467. The molecule has 0 bridgehead atoms. The van der Waals surface area contributed by atoms with E-state index >= 15 is 0 Å². The number of amides is 1. The second-order valence-electron chi connectivity index (χ2n) is 5.65. The first-order valence-electron chi connectivity index (χ1n) is 7.21. The van der Waals surface area contributed by atoms with Gasteiger partial charge in [-0.1, -0.05) is 13.8 Å². The van der Waals surface area contributed by atoms with Gasteiger partial charge in [0.25, 0.3) is 0 Å². The number of carboxylic acids is 1. The van der Waals surface area contributed by atoms with Crippen LogP contribution in [0.2, 0.25) is 0 Å². The first-order valence-corrected chi connectivity index (χ1v) is 9.03. The maximum absolute atomic E-state index is 12.8. The third kappa shape index (κ3) is 7.40. The molecule has 0 aliphatic heterocycles. The lowest BCUT2D eigenvalue weighted by atomic mass is 10.3. The van der Waals surface area contributed by atoms with Crippen LogP contribution in [0.15, 0.2) is 24.3 Å². The van der Waals surface area contributed by atoms with Gasteiger partial charge in [0.2, 0.25) is 12.0 Å². The summed E-state index contributed by atoms with van der Waals surface area (Å²) in [7, 11) is -3.55. The average Bonchev–Trinajstić information content (AvgIpc) is 2.43. The van der Waals surface area contributed by atoms with Gasteiger partial charge < -0.3 is 15.2 Å². The normalized spacial score (nSPS) is 12.7. The lowest BCUT2D eigenvalue weighted by molar-refractivity contribution is -0.145. The quantitative estimate of drug-likeness (QED) is 0.675. The number of carbonyl (C=O) groups excluding carboxylic acids is 1. The number of sulfone groups is 1. The van der Waals surface area contributed by atoms with Crippen LogP contribution in [-0.2, 0) is 19.4 Å². The minimum absolute atomic E-state index is 0.114.